The molecule has 0 aromatic heterocycles. The Kier molecular flexibility index (Phi) is 4.19. The molecule has 4 nitrogen and oxygen atoms in total. The Morgan fingerprint density at radius 1 is 1.38 bits per heavy atom. The third kappa shape index (κ3) is 3.18. The van der Waals surface area contributed by atoms with Crippen LogP contribution in [0, 0.1) is 24.1 Å². The predicted molar refractivity (Wildman–Crippen MR) is 75.1 cm³/mol. The number of carbonyl (C=O) groups excluding carboxylic acids is 1. The standard InChI is InChI=1S/C16H13FN2O2/c1-10-3-2-4-13(15(10)20)16(21)19-9-12-6-5-11(8-18)7-14(12)17/h2-7,20H,9H2,1H3,(H,19,21). The number of carbonyl (C=O) groups is 1. The Bertz CT molecular complexity index is 736. The lowest BCUT2D eigenvalue weighted by atomic mass is 10.1. The van der Waals surface area contributed by atoms with Crippen molar-refractivity contribution >= 4 is 5.91 Å². The third-order valence-corrected chi connectivity index (χ3v) is 3.10. The fourth-order valence-electron chi connectivity index (χ4n) is 1.87. The molecule has 0 bridgehead atoms. The van der Waals surface area contributed by atoms with Crippen LogP contribution in [-0.4, -0.2) is 11.0 Å². The van der Waals surface area contributed by atoms with Crippen LogP contribution in [0.15, 0.2) is 36.4 Å². The Hall–Kier alpha value is -2.87. The maximum Gasteiger partial charge on any atom is 0.255 e. The van der Waals surface area contributed by atoms with E-state index < -0.39 is 11.7 Å². The van der Waals surface area contributed by atoms with Gasteiger partial charge in [-0.1, -0.05) is 18.2 Å². The summed E-state index contributed by atoms with van der Waals surface area (Å²) < 4.78 is 13.7. The van der Waals surface area contributed by atoms with Crippen molar-refractivity contribution < 1.29 is 14.3 Å². The Balaban J connectivity index is 2.11. The van der Waals surface area contributed by atoms with Crippen LogP contribution in [0.5, 0.6) is 5.75 Å². The summed E-state index contributed by atoms with van der Waals surface area (Å²) in [4.78, 5) is 12.0. The molecule has 2 aromatic rings. The highest BCUT2D eigenvalue weighted by atomic mass is 19.1. The molecule has 0 saturated carbocycles. The van der Waals surface area contributed by atoms with Gasteiger partial charge in [0.1, 0.15) is 11.6 Å². The average Bonchev–Trinajstić information content (AvgIpc) is 2.48. The first-order valence-electron chi connectivity index (χ1n) is 6.28. The fourth-order valence-corrected chi connectivity index (χ4v) is 1.87. The summed E-state index contributed by atoms with van der Waals surface area (Å²) in [6.45, 7) is 1.66. The van der Waals surface area contributed by atoms with Gasteiger partial charge >= 0.3 is 0 Å². The maximum absolute atomic E-state index is 13.7. The number of rotatable bonds is 3. The second-order valence-electron chi connectivity index (χ2n) is 4.57. The molecule has 0 saturated heterocycles. The molecule has 2 aromatic carbocycles. The zero-order valence-corrected chi connectivity index (χ0v) is 11.4. The number of nitrogens with zero attached hydrogens (tertiary/aromatic N) is 1. The molecule has 2 rings (SSSR count). The predicted octanol–water partition coefficient (Wildman–Crippen LogP) is 2.64. The van der Waals surface area contributed by atoms with Gasteiger partial charge in [-0.25, -0.2) is 4.39 Å². The molecular weight excluding hydrogens is 271 g/mol. The number of aromatic hydroxyl groups is 1. The van der Waals surface area contributed by atoms with Crippen molar-refractivity contribution in [3.63, 3.8) is 0 Å². The van der Waals surface area contributed by atoms with E-state index in [0.717, 1.165) is 6.07 Å². The topological polar surface area (TPSA) is 73.1 Å². The summed E-state index contributed by atoms with van der Waals surface area (Å²) in [7, 11) is 0. The monoisotopic (exact) mass is 284 g/mol. The number of phenols is 1. The fraction of sp³-hybridized carbons (Fsp3) is 0.125. The van der Waals surface area contributed by atoms with Crippen LogP contribution >= 0.6 is 0 Å². The van der Waals surface area contributed by atoms with E-state index in [1.165, 1.54) is 18.2 Å². The van der Waals surface area contributed by atoms with Gasteiger partial charge in [0.25, 0.3) is 5.91 Å². The van der Waals surface area contributed by atoms with Crippen LogP contribution in [0.1, 0.15) is 27.0 Å². The van der Waals surface area contributed by atoms with E-state index in [1.807, 2.05) is 6.07 Å². The molecule has 0 fully saturated rings. The second-order valence-corrected chi connectivity index (χ2v) is 4.57. The molecule has 0 atom stereocenters. The summed E-state index contributed by atoms with van der Waals surface area (Å²) in [6.07, 6.45) is 0. The van der Waals surface area contributed by atoms with Crippen LogP contribution in [0.4, 0.5) is 4.39 Å². The van der Waals surface area contributed by atoms with Gasteiger partial charge < -0.3 is 10.4 Å². The van der Waals surface area contributed by atoms with Crippen LogP contribution in [0.25, 0.3) is 0 Å². The van der Waals surface area contributed by atoms with Gasteiger partial charge in [0.15, 0.2) is 0 Å². The molecule has 0 unspecified atom stereocenters. The van der Waals surface area contributed by atoms with Crippen molar-refractivity contribution in [1.29, 1.82) is 5.26 Å². The number of nitriles is 1. The molecule has 5 heteroatoms. The number of amides is 1. The van der Waals surface area contributed by atoms with E-state index in [2.05, 4.69) is 5.32 Å². The lowest BCUT2D eigenvalue weighted by Crippen LogP contribution is -2.23. The SMILES string of the molecule is Cc1cccc(C(=O)NCc2ccc(C#N)cc2F)c1O. The zero-order chi connectivity index (χ0) is 15.4. The molecule has 0 aliphatic rings. The minimum atomic E-state index is -0.553. The van der Waals surface area contributed by atoms with Crippen molar-refractivity contribution in [2.45, 2.75) is 13.5 Å². The van der Waals surface area contributed by atoms with Crippen LogP contribution in [0.2, 0.25) is 0 Å². The first-order chi connectivity index (χ1) is 10.0. The number of phenolic OH excluding ortho intramolecular Hbond substituents is 1. The molecule has 21 heavy (non-hydrogen) atoms. The molecule has 2 N–H and O–H groups in total. The molecule has 0 radical (unpaired) electrons. The summed E-state index contributed by atoms with van der Waals surface area (Å²) in [5.74, 6) is -1.13. The average molecular weight is 284 g/mol. The third-order valence-electron chi connectivity index (χ3n) is 3.10. The summed E-state index contributed by atoms with van der Waals surface area (Å²) >= 11 is 0. The van der Waals surface area contributed by atoms with E-state index in [0.29, 0.717) is 5.56 Å². The van der Waals surface area contributed by atoms with Gasteiger partial charge in [0.2, 0.25) is 0 Å². The van der Waals surface area contributed by atoms with E-state index in [9.17, 15) is 14.3 Å². The number of benzene rings is 2. The minimum Gasteiger partial charge on any atom is -0.507 e. The van der Waals surface area contributed by atoms with Gasteiger partial charge in [-0.15, -0.1) is 0 Å². The van der Waals surface area contributed by atoms with Gasteiger partial charge in [0.05, 0.1) is 17.2 Å². The van der Waals surface area contributed by atoms with Crippen molar-refractivity contribution in [1.82, 2.24) is 5.32 Å². The van der Waals surface area contributed by atoms with Crippen molar-refractivity contribution in [2.75, 3.05) is 0 Å². The maximum atomic E-state index is 13.7. The zero-order valence-electron chi connectivity index (χ0n) is 11.4. The molecule has 1 amide bonds. The molecule has 0 heterocycles. The van der Waals surface area contributed by atoms with E-state index in [1.54, 1.807) is 19.1 Å². The number of halogens is 1. The Morgan fingerprint density at radius 2 is 2.14 bits per heavy atom. The van der Waals surface area contributed by atoms with Gasteiger partial charge in [-0.3, -0.25) is 4.79 Å². The summed E-state index contributed by atoms with van der Waals surface area (Å²) in [5.41, 5.74) is 1.23. The summed E-state index contributed by atoms with van der Waals surface area (Å²) in [5, 5.41) is 21.0. The van der Waals surface area contributed by atoms with Crippen LogP contribution in [0.3, 0.4) is 0 Å². The smallest absolute Gasteiger partial charge is 0.255 e. The van der Waals surface area contributed by atoms with Crippen LogP contribution in [-0.2, 0) is 6.54 Å². The lowest BCUT2D eigenvalue weighted by molar-refractivity contribution is 0.0948. The highest BCUT2D eigenvalue weighted by molar-refractivity contribution is 5.97. The minimum absolute atomic E-state index is 0.0241. The molecule has 106 valence electrons. The summed E-state index contributed by atoms with van der Waals surface area (Å²) in [6, 6.07) is 10.7. The molecule has 0 aliphatic carbocycles. The van der Waals surface area contributed by atoms with Crippen molar-refractivity contribution in [3.8, 4) is 11.8 Å². The van der Waals surface area contributed by atoms with E-state index in [-0.39, 0.29) is 29.0 Å². The molecule has 0 aliphatic heterocycles. The van der Waals surface area contributed by atoms with Crippen molar-refractivity contribution in [3.05, 3.63) is 64.5 Å². The normalized spacial score (nSPS) is 9.95. The molecule has 0 spiro atoms. The van der Waals surface area contributed by atoms with Crippen molar-refractivity contribution in [2.24, 2.45) is 0 Å². The first-order valence-corrected chi connectivity index (χ1v) is 6.28. The van der Waals surface area contributed by atoms with Gasteiger partial charge in [-0.2, -0.15) is 5.26 Å². The van der Waals surface area contributed by atoms with Crippen LogP contribution < -0.4 is 5.32 Å². The quantitative estimate of drug-likeness (QED) is 0.910. The number of aryl methyl sites for hydroxylation is 1. The van der Waals surface area contributed by atoms with E-state index in [4.69, 9.17) is 5.26 Å². The second kappa shape index (κ2) is 6.06. The lowest BCUT2D eigenvalue weighted by Gasteiger charge is -2.09. The first kappa shape index (κ1) is 14.5. The highest BCUT2D eigenvalue weighted by Crippen LogP contribution is 2.21. The number of hydrogen-bond acceptors (Lipinski definition) is 3. The van der Waals surface area contributed by atoms with Gasteiger partial charge in [0, 0.05) is 12.1 Å². The highest BCUT2D eigenvalue weighted by Gasteiger charge is 2.13. The Morgan fingerprint density at radius 3 is 2.81 bits per heavy atom. The number of nitrogens with one attached hydrogen (secondary N) is 1. The van der Waals surface area contributed by atoms with Gasteiger partial charge in [-0.05, 0) is 30.7 Å². The number of para-hydroxylation sites is 1. The van der Waals surface area contributed by atoms with E-state index >= 15 is 0 Å². The Labute approximate surface area is 121 Å². The largest absolute Gasteiger partial charge is 0.507 e. The molecular formula is C16H13FN2O2. The number of hydrogen-bond donors (Lipinski definition) is 2.